The highest BCUT2D eigenvalue weighted by Gasteiger charge is 2.07. The number of hydrogen-bond donors (Lipinski definition) is 2. The first-order chi connectivity index (χ1) is 9.85. The Morgan fingerprint density at radius 1 is 1.24 bits per heavy atom. The van der Waals surface area contributed by atoms with Crippen molar-refractivity contribution in [3.63, 3.8) is 0 Å². The number of anilines is 2. The SMILES string of the molecule is CC(C)n1cc(CNc2ccccc2NS(C)(=O)=O)cn1. The van der Waals surface area contributed by atoms with Gasteiger partial charge in [0.25, 0.3) is 0 Å². The third-order valence-electron chi connectivity index (χ3n) is 2.89. The van der Waals surface area contributed by atoms with Crippen molar-refractivity contribution < 1.29 is 8.42 Å². The normalized spacial score (nSPS) is 11.6. The van der Waals surface area contributed by atoms with Crippen LogP contribution < -0.4 is 10.0 Å². The predicted molar refractivity (Wildman–Crippen MR) is 84.8 cm³/mol. The van der Waals surface area contributed by atoms with Gasteiger partial charge in [0.2, 0.25) is 10.0 Å². The average Bonchev–Trinajstić information content (AvgIpc) is 2.85. The lowest BCUT2D eigenvalue weighted by Crippen LogP contribution is -2.11. The van der Waals surface area contributed by atoms with Crippen molar-refractivity contribution in [1.82, 2.24) is 9.78 Å². The maximum absolute atomic E-state index is 11.4. The van der Waals surface area contributed by atoms with Crippen molar-refractivity contribution >= 4 is 21.4 Å². The molecule has 7 heteroatoms. The molecule has 1 aromatic heterocycles. The van der Waals surface area contributed by atoms with Gasteiger partial charge in [0.05, 0.1) is 23.8 Å². The molecule has 0 spiro atoms. The number of hydrogen-bond acceptors (Lipinski definition) is 4. The van der Waals surface area contributed by atoms with Gasteiger partial charge in [-0.2, -0.15) is 5.10 Å². The van der Waals surface area contributed by atoms with Crippen LogP contribution in [0.2, 0.25) is 0 Å². The summed E-state index contributed by atoms with van der Waals surface area (Å²) in [7, 11) is -3.30. The minimum absolute atomic E-state index is 0.318. The Kier molecular flexibility index (Phi) is 4.52. The van der Waals surface area contributed by atoms with Crippen molar-refractivity contribution in [3.8, 4) is 0 Å². The Hall–Kier alpha value is -2.02. The maximum Gasteiger partial charge on any atom is 0.229 e. The van der Waals surface area contributed by atoms with E-state index in [1.165, 1.54) is 0 Å². The molecule has 21 heavy (non-hydrogen) atoms. The monoisotopic (exact) mass is 308 g/mol. The zero-order valence-corrected chi connectivity index (χ0v) is 13.2. The van der Waals surface area contributed by atoms with E-state index < -0.39 is 10.0 Å². The van der Waals surface area contributed by atoms with E-state index in [0.717, 1.165) is 17.5 Å². The van der Waals surface area contributed by atoms with Crippen molar-refractivity contribution in [2.24, 2.45) is 0 Å². The summed E-state index contributed by atoms with van der Waals surface area (Å²) < 4.78 is 27.1. The Balaban J connectivity index is 2.09. The lowest BCUT2D eigenvalue weighted by Gasteiger charge is -2.12. The zero-order chi connectivity index (χ0) is 15.5. The van der Waals surface area contributed by atoms with Crippen LogP contribution in [-0.4, -0.2) is 24.5 Å². The van der Waals surface area contributed by atoms with Gasteiger partial charge in [0, 0.05) is 24.3 Å². The largest absolute Gasteiger partial charge is 0.379 e. The van der Waals surface area contributed by atoms with Gasteiger partial charge in [-0.05, 0) is 26.0 Å². The van der Waals surface area contributed by atoms with E-state index in [2.05, 4.69) is 29.0 Å². The van der Waals surface area contributed by atoms with Crippen LogP contribution in [0.25, 0.3) is 0 Å². The van der Waals surface area contributed by atoms with Crippen molar-refractivity contribution in [2.75, 3.05) is 16.3 Å². The average molecular weight is 308 g/mol. The molecule has 1 heterocycles. The van der Waals surface area contributed by atoms with Crippen LogP contribution in [-0.2, 0) is 16.6 Å². The topological polar surface area (TPSA) is 76.0 Å². The summed E-state index contributed by atoms with van der Waals surface area (Å²) in [5.74, 6) is 0. The molecule has 0 saturated heterocycles. The van der Waals surface area contributed by atoms with Gasteiger partial charge >= 0.3 is 0 Å². The summed E-state index contributed by atoms with van der Waals surface area (Å²) >= 11 is 0. The fourth-order valence-corrected chi connectivity index (χ4v) is 2.45. The van der Waals surface area contributed by atoms with Gasteiger partial charge in [-0.15, -0.1) is 0 Å². The quantitative estimate of drug-likeness (QED) is 0.859. The molecule has 0 bridgehead atoms. The number of sulfonamides is 1. The highest BCUT2D eigenvalue weighted by molar-refractivity contribution is 7.92. The molecular formula is C14H20N4O2S. The van der Waals surface area contributed by atoms with E-state index in [0.29, 0.717) is 18.3 Å². The van der Waals surface area contributed by atoms with E-state index in [1.807, 2.05) is 23.0 Å². The summed E-state index contributed by atoms with van der Waals surface area (Å²) in [6.45, 7) is 4.71. The fourth-order valence-electron chi connectivity index (χ4n) is 1.87. The zero-order valence-electron chi connectivity index (χ0n) is 12.4. The molecule has 0 unspecified atom stereocenters. The molecule has 0 aliphatic rings. The predicted octanol–water partition coefficient (Wildman–Crippen LogP) is 2.45. The second kappa shape index (κ2) is 6.17. The van der Waals surface area contributed by atoms with Crippen LogP contribution in [0.5, 0.6) is 0 Å². The summed E-state index contributed by atoms with van der Waals surface area (Å²) in [6.07, 6.45) is 4.92. The Morgan fingerprint density at radius 2 is 1.90 bits per heavy atom. The maximum atomic E-state index is 11.4. The summed E-state index contributed by atoms with van der Waals surface area (Å²) in [4.78, 5) is 0. The van der Waals surface area contributed by atoms with Crippen LogP contribution in [0.15, 0.2) is 36.7 Å². The smallest absolute Gasteiger partial charge is 0.229 e. The first-order valence-electron chi connectivity index (χ1n) is 6.69. The van der Waals surface area contributed by atoms with Gasteiger partial charge in [-0.1, -0.05) is 12.1 Å². The molecule has 2 rings (SSSR count). The van der Waals surface area contributed by atoms with Gasteiger partial charge < -0.3 is 5.32 Å². The second-order valence-electron chi connectivity index (χ2n) is 5.20. The molecule has 0 fully saturated rings. The second-order valence-corrected chi connectivity index (χ2v) is 6.94. The fraction of sp³-hybridized carbons (Fsp3) is 0.357. The number of benzene rings is 1. The molecule has 0 aliphatic carbocycles. The highest BCUT2D eigenvalue weighted by Crippen LogP contribution is 2.22. The van der Waals surface area contributed by atoms with Crippen molar-refractivity contribution in [3.05, 3.63) is 42.2 Å². The highest BCUT2D eigenvalue weighted by atomic mass is 32.2. The van der Waals surface area contributed by atoms with E-state index in [4.69, 9.17) is 0 Å². The number of para-hydroxylation sites is 2. The van der Waals surface area contributed by atoms with Crippen LogP contribution in [0.4, 0.5) is 11.4 Å². The van der Waals surface area contributed by atoms with Gasteiger partial charge in [-0.3, -0.25) is 9.40 Å². The van der Waals surface area contributed by atoms with Gasteiger partial charge in [0.15, 0.2) is 0 Å². The van der Waals surface area contributed by atoms with Crippen LogP contribution in [0.3, 0.4) is 0 Å². The lowest BCUT2D eigenvalue weighted by atomic mass is 10.2. The van der Waals surface area contributed by atoms with E-state index >= 15 is 0 Å². The molecule has 0 radical (unpaired) electrons. The molecule has 0 amide bonds. The van der Waals surface area contributed by atoms with E-state index in [9.17, 15) is 8.42 Å². The molecule has 114 valence electrons. The number of nitrogens with zero attached hydrogens (tertiary/aromatic N) is 2. The third-order valence-corrected chi connectivity index (χ3v) is 3.48. The summed E-state index contributed by atoms with van der Waals surface area (Å²) in [5, 5.41) is 7.50. The standard InChI is InChI=1S/C14H20N4O2S/c1-11(2)18-10-12(9-16-18)8-15-13-6-4-5-7-14(13)17-21(3,19)20/h4-7,9-11,15,17H,8H2,1-3H3. The number of aromatic nitrogens is 2. The molecule has 0 aliphatic heterocycles. The number of nitrogens with one attached hydrogen (secondary N) is 2. The molecule has 6 nitrogen and oxygen atoms in total. The van der Waals surface area contributed by atoms with E-state index in [1.54, 1.807) is 18.3 Å². The number of rotatable bonds is 6. The Labute approximate surface area is 125 Å². The minimum atomic E-state index is -3.30. The van der Waals surface area contributed by atoms with E-state index in [-0.39, 0.29) is 0 Å². The van der Waals surface area contributed by atoms with Crippen LogP contribution >= 0.6 is 0 Å². The van der Waals surface area contributed by atoms with Crippen molar-refractivity contribution in [2.45, 2.75) is 26.4 Å². The third kappa shape index (κ3) is 4.49. The molecular weight excluding hydrogens is 288 g/mol. The molecule has 2 aromatic rings. The Bertz CT molecular complexity index is 707. The first kappa shape index (κ1) is 15.4. The first-order valence-corrected chi connectivity index (χ1v) is 8.58. The van der Waals surface area contributed by atoms with Crippen LogP contribution in [0, 0.1) is 0 Å². The lowest BCUT2D eigenvalue weighted by molar-refractivity contribution is 0.532. The molecule has 0 saturated carbocycles. The Morgan fingerprint density at radius 3 is 2.48 bits per heavy atom. The molecule has 2 N–H and O–H groups in total. The summed E-state index contributed by atoms with van der Waals surface area (Å²) in [6, 6.07) is 7.52. The summed E-state index contributed by atoms with van der Waals surface area (Å²) in [5.41, 5.74) is 2.31. The van der Waals surface area contributed by atoms with Crippen molar-refractivity contribution in [1.29, 1.82) is 0 Å². The van der Waals surface area contributed by atoms with Gasteiger partial charge in [0.1, 0.15) is 0 Å². The van der Waals surface area contributed by atoms with Gasteiger partial charge in [-0.25, -0.2) is 8.42 Å². The minimum Gasteiger partial charge on any atom is -0.379 e. The van der Waals surface area contributed by atoms with Crippen LogP contribution in [0.1, 0.15) is 25.5 Å². The molecule has 0 atom stereocenters. The molecule has 1 aromatic carbocycles.